The van der Waals surface area contributed by atoms with Gasteiger partial charge in [-0.2, -0.15) is 0 Å². The second-order valence-electron chi connectivity index (χ2n) is 6.12. The lowest BCUT2D eigenvalue weighted by Gasteiger charge is -2.09. The van der Waals surface area contributed by atoms with Crippen LogP contribution in [0, 0.1) is 17.0 Å². The maximum absolute atomic E-state index is 12.1. The molecule has 0 aliphatic carbocycles. The van der Waals surface area contributed by atoms with Crippen molar-refractivity contribution in [2.45, 2.75) is 33.1 Å². The standard InChI is InChI=1S/C20H22N2O5/c1-3-12-27-16-8-9-17(18(13-16)22(25)26)21-20(24)11-10-19(23)15-6-4-14(2)5-7-15/h4-9,13H,3,10-12H2,1-2H3,(H,21,24). The molecule has 0 fully saturated rings. The normalized spacial score (nSPS) is 10.3. The molecular weight excluding hydrogens is 348 g/mol. The number of hydrogen-bond acceptors (Lipinski definition) is 5. The zero-order valence-corrected chi connectivity index (χ0v) is 15.4. The van der Waals surface area contributed by atoms with Crippen molar-refractivity contribution in [3.05, 3.63) is 63.7 Å². The van der Waals surface area contributed by atoms with Crippen molar-refractivity contribution in [1.82, 2.24) is 0 Å². The summed E-state index contributed by atoms with van der Waals surface area (Å²) in [5.74, 6) is -0.236. The van der Waals surface area contributed by atoms with E-state index in [1.165, 1.54) is 12.1 Å². The third kappa shape index (κ3) is 5.91. The molecule has 27 heavy (non-hydrogen) atoms. The third-order valence-corrected chi connectivity index (χ3v) is 3.87. The maximum atomic E-state index is 12.1. The minimum atomic E-state index is -0.578. The number of nitro benzene ring substituents is 1. The molecular formula is C20H22N2O5. The highest BCUT2D eigenvalue weighted by molar-refractivity contribution is 6.00. The van der Waals surface area contributed by atoms with Crippen molar-refractivity contribution in [1.29, 1.82) is 0 Å². The van der Waals surface area contributed by atoms with Gasteiger partial charge in [0.1, 0.15) is 11.4 Å². The first-order valence-corrected chi connectivity index (χ1v) is 8.71. The van der Waals surface area contributed by atoms with Gasteiger partial charge < -0.3 is 10.1 Å². The lowest BCUT2D eigenvalue weighted by atomic mass is 10.0. The monoisotopic (exact) mass is 370 g/mol. The van der Waals surface area contributed by atoms with Gasteiger partial charge in [-0.15, -0.1) is 0 Å². The zero-order chi connectivity index (χ0) is 19.8. The lowest BCUT2D eigenvalue weighted by Crippen LogP contribution is -2.14. The van der Waals surface area contributed by atoms with Gasteiger partial charge in [0.25, 0.3) is 5.69 Å². The van der Waals surface area contributed by atoms with E-state index in [2.05, 4.69) is 5.32 Å². The zero-order valence-electron chi connectivity index (χ0n) is 15.4. The summed E-state index contributed by atoms with van der Waals surface area (Å²) in [7, 11) is 0. The van der Waals surface area contributed by atoms with E-state index in [-0.39, 0.29) is 30.0 Å². The van der Waals surface area contributed by atoms with Gasteiger partial charge in [0.15, 0.2) is 5.78 Å². The quantitative estimate of drug-likeness (QED) is 0.403. The summed E-state index contributed by atoms with van der Waals surface area (Å²) < 4.78 is 5.38. The number of aryl methyl sites for hydroxylation is 1. The van der Waals surface area contributed by atoms with Gasteiger partial charge in [0, 0.05) is 18.4 Å². The Hall–Kier alpha value is -3.22. The molecule has 0 radical (unpaired) electrons. The second-order valence-corrected chi connectivity index (χ2v) is 6.12. The number of hydrogen-bond donors (Lipinski definition) is 1. The Morgan fingerprint density at radius 2 is 1.81 bits per heavy atom. The summed E-state index contributed by atoms with van der Waals surface area (Å²) in [5.41, 5.74) is 1.42. The molecule has 0 bridgehead atoms. The van der Waals surface area contributed by atoms with Crippen LogP contribution < -0.4 is 10.1 Å². The average Bonchev–Trinajstić information content (AvgIpc) is 2.65. The van der Waals surface area contributed by atoms with E-state index in [0.717, 1.165) is 12.0 Å². The fraction of sp³-hybridized carbons (Fsp3) is 0.300. The largest absolute Gasteiger partial charge is 0.493 e. The van der Waals surface area contributed by atoms with Gasteiger partial charge in [-0.25, -0.2) is 0 Å². The smallest absolute Gasteiger partial charge is 0.296 e. The van der Waals surface area contributed by atoms with Gasteiger partial charge in [-0.1, -0.05) is 36.8 Å². The molecule has 7 heteroatoms. The second kappa shape index (κ2) is 9.47. The van der Waals surface area contributed by atoms with Gasteiger partial charge in [0.05, 0.1) is 17.6 Å². The van der Waals surface area contributed by atoms with Crippen LogP contribution in [0.2, 0.25) is 0 Å². The Bertz CT molecular complexity index is 831. The number of amides is 1. The number of rotatable bonds is 9. The Kier molecular flexibility index (Phi) is 7.05. The maximum Gasteiger partial charge on any atom is 0.296 e. The predicted octanol–water partition coefficient (Wildman–Crippen LogP) is 4.29. The molecule has 7 nitrogen and oxygen atoms in total. The number of ketones is 1. The Morgan fingerprint density at radius 1 is 1.11 bits per heavy atom. The van der Waals surface area contributed by atoms with E-state index in [1.54, 1.807) is 18.2 Å². The third-order valence-electron chi connectivity index (χ3n) is 3.87. The molecule has 0 spiro atoms. The van der Waals surface area contributed by atoms with Gasteiger partial charge in [-0.3, -0.25) is 19.7 Å². The molecule has 2 aromatic carbocycles. The fourth-order valence-electron chi connectivity index (χ4n) is 2.40. The molecule has 0 unspecified atom stereocenters. The van der Waals surface area contributed by atoms with Crippen molar-refractivity contribution in [2.75, 3.05) is 11.9 Å². The molecule has 0 aromatic heterocycles. The SMILES string of the molecule is CCCOc1ccc(NC(=O)CCC(=O)c2ccc(C)cc2)c([N+](=O)[O-])c1. The van der Waals surface area contributed by atoms with Crippen LogP contribution in [0.5, 0.6) is 5.75 Å². The van der Waals surface area contributed by atoms with E-state index >= 15 is 0 Å². The molecule has 142 valence electrons. The average molecular weight is 370 g/mol. The molecule has 0 saturated carbocycles. The Morgan fingerprint density at radius 3 is 2.44 bits per heavy atom. The van der Waals surface area contributed by atoms with Crippen LogP contribution in [0.1, 0.15) is 42.1 Å². The molecule has 0 atom stereocenters. The lowest BCUT2D eigenvalue weighted by molar-refractivity contribution is -0.384. The first-order chi connectivity index (χ1) is 12.9. The summed E-state index contributed by atoms with van der Waals surface area (Å²) in [6.07, 6.45) is 0.750. The van der Waals surface area contributed by atoms with Crippen LogP contribution in [-0.4, -0.2) is 23.2 Å². The minimum absolute atomic E-state index is 0.0282. The first-order valence-electron chi connectivity index (χ1n) is 8.71. The molecule has 0 aliphatic rings. The minimum Gasteiger partial charge on any atom is -0.493 e. The first kappa shape index (κ1) is 20.1. The van der Waals surface area contributed by atoms with Crippen molar-refractivity contribution >= 4 is 23.1 Å². The predicted molar refractivity (Wildman–Crippen MR) is 102 cm³/mol. The number of carbonyl (C=O) groups excluding carboxylic acids is 2. The van der Waals surface area contributed by atoms with E-state index in [4.69, 9.17) is 4.74 Å². The molecule has 0 aliphatic heterocycles. The highest BCUT2D eigenvalue weighted by atomic mass is 16.6. The van der Waals surface area contributed by atoms with E-state index < -0.39 is 10.8 Å². The van der Waals surface area contributed by atoms with E-state index in [1.807, 2.05) is 26.0 Å². The number of ether oxygens (including phenoxy) is 1. The van der Waals surface area contributed by atoms with Crippen molar-refractivity contribution in [3.8, 4) is 5.75 Å². The molecule has 1 N–H and O–H groups in total. The Balaban J connectivity index is 1.99. The molecule has 0 saturated heterocycles. The summed E-state index contributed by atoms with van der Waals surface area (Å²) in [6.45, 7) is 4.30. The van der Waals surface area contributed by atoms with Crippen molar-refractivity contribution < 1.29 is 19.2 Å². The topological polar surface area (TPSA) is 98.5 Å². The number of benzene rings is 2. The van der Waals surface area contributed by atoms with Crippen LogP contribution >= 0.6 is 0 Å². The van der Waals surface area contributed by atoms with Crippen LogP contribution in [0.15, 0.2) is 42.5 Å². The molecule has 2 rings (SSSR count). The molecule has 1 amide bonds. The molecule has 2 aromatic rings. The highest BCUT2D eigenvalue weighted by Crippen LogP contribution is 2.29. The van der Waals surface area contributed by atoms with Gasteiger partial charge in [0.2, 0.25) is 5.91 Å². The van der Waals surface area contributed by atoms with Crippen LogP contribution in [-0.2, 0) is 4.79 Å². The number of nitro groups is 1. The van der Waals surface area contributed by atoms with Gasteiger partial charge in [-0.05, 0) is 25.5 Å². The van der Waals surface area contributed by atoms with Crippen LogP contribution in [0.3, 0.4) is 0 Å². The number of Topliss-reactive ketones (excluding diaryl/α,β-unsaturated/α-hetero) is 1. The summed E-state index contributed by atoms with van der Waals surface area (Å²) >= 11 is 0. The summed E-state index contributed by atoms with van der Waals surface area (Å²) in [4.78, 5) is 34.9. The number of carbonyl (C=O) groups is 2. The molecule has 0 heterocycles. The van der Waals surface area contributed by atoms with Crippen LogP contribution in [0.25, 0.3) is 0 Å². The fourth-order valence-corrected chi connectivity index (χ4v) is 2.40. The highest BCUT2D eigenvalue weighted by Gasteiger charge is 2.18. The Labute approximate surface area is 157 Å². The number of nitrogens with one attached hydrogen (secondary N) is 1. The summed E-state index contributed by atoms with van der Waals surface area (Å²) in [5, 5.41) is 13.8. The van der Waals surface area contributed by atoms with Gasteiger partial charge >= 0.3 is 0 Å². The van der Waals surface area contributed by atoms with Crippen LogP contribution in [0.4, 0.5) is 11.4 Å². The van der Waals surface area contributed by atoms with Crippen molar-refractivity contribution in [2.24, 2.45) is 0 Å². The van der Waals surface area contributed by atoms with E-state index in [0.29, 0.717) is 17.9 Å². The number of nitrogens with zero attached hydrogens (tertiary/aromatic N) is 1. The van der Waals surface area contributed by atoms with E-state index in [9.17, 15) is 19.7 Å². The summed E-state index contributed by atoms with van der Waals surface area (Å²) in [6, 6.07) is 11.4. The number of anilines is 1. The van der Waals surface area contributed by atoms with Crippen molar-refractivity contribution in [3.63, 3.8) is 0 Å².